The molecule has 7 nitrogen and oxygen atoms in total. The zero-order valence-electron chi connectivity index (χ0n) is 16.2. The lowest BCUT2D eigenvalue weighted by Crippen LogP contribution is -2.08. The van der Waals surface area contributed by atoms with Crippen molar-refractivity contribution in [3.63, 3.8) is 0 Å². The van der Waals surface area contributed by atoms with E-state index in [1.807, 2.05) is 62.4 Å². The van der Waals surface area contributed by atoms with Gasteiger partial charge in [-0.2, -0.15) is 0 Å². The molecule has 2 heterocycles. The second kappa shape index (κ2) is 8.18. The summed E-state index contributed by atoms with van der Waals surface area (Å²) < 4.78 is 21.7. The lowest BCUT2D eigenvalue weighted by molar-refractivity contribution is -0.144. The molecule has 0 spiro atoms. The molecule has 4 aromatic rings. The fourth-order valence-corrected chi connectivity index (χ4v) is 2.91. The van der Waals surface area contributed by atoms with E-state index in [0.717, 1.165) is 28.1 Å². The number of hydrogen-bond acceptors (Lipinski definition) is 7. The highest BCUT2D eigenvalue weighted by Crippen LogP contribution is 2.19. The molecule has 148 valence electrons. The third-order valence-electron chi connectivity index (χ3n) is 4.53. The number of nitrogens with zero attached hydrogens (tertiary/aromatic N) is 2. The minimum absolute atomic E-state index is 0.00610. The van der Waals surface area contributed by atoms with Gasteiger partial charge in [-0.25, -0.2) is 4.98 Å². The fourth-order valence-electron chi connectivity index (χ4n) is 2.91. The molecule has 0 unspecified atom stereocenters. The molecule has 0 saturated carbocycles. The Morgan fingerprint density at radius 2 is 1.83 bits per heavy atom. The highest BCUT2D eigenvalue weighted by molar-refractivity contribution is 5.73. The van der Waals surface area contributed by atoms with Crippen LogP contribution in [0.15, 0.2) is 57.5 Å². The van der Waals surface area contributed by atoms with Crippen LogP contribution in [-0.2, 0) is 29.2 Å². The normalized spacial score (nSPS) is 11.0. The molecular formula is C22H20N2O5. The van der Waals surface area contributed by atoms with E-state index in [2.05, 4.69) is 10.1 Å². The second-order valence-electron chi connectivity index (χ2n) is 6.65. The number of aryl methyl sites for hydroxylation is 2. The average molecular weight is 392 g/mol. The number of para-hydroxylation sites is 2. The summed E-state index contributed by atoms with van der Waals surface area (Å²) in [6.45, 7) is 4.12. The van der Waals surface area contributed by atoms with Gasteiger partial charge in [0.1, 0.15) is 23.6 Å². The van der Waals surface area contributed by atoms with E-state index in [9.17, 15) is 4.79 Å². The molecule has 0 amide bonds. The quantitative estimate of drug-likeness (QED) is 0.433. The van der Waals surface area contributed by atoms with Gasteiger partial charge in [-0.15, -0.1) is 0 Å². The minimum Gasteiger partial charge on any atom is -0.489 e. The predicted molar refractivity (Wildman–Crippen MR) is 104 cm³/mol. The molecule has 29 heavy (non-hydrogen) atoms. The van der Waals surface area contributed by atoms with Crippen molar-refractivity contribution in [3.05, 3.63) is 77.0 Å². The van der Waals surface area contributed by atoms with Crippen molar-refractivity contribution in [1.29, 1.82) is 0 Å². The van der Waals surface area contributed by atoms with Crippen LogP contribution in [0.2, 0.25) is 0 Å². The maximum absolute atomic E-state index is 12.1. The molecule has 0 aliphatic heterocycles. The third-order valence-corrected chi connectivity index (χ3v) is 4.53. The van der Waals surface area contributed by atoms with Crippen molar-refractivity contribution in [2.45, 2.75) is 33.5 Å². The Morgan fingerprint density at radius 3 is 2.55 bits per heavy atom. The van der Waals surface area contributed by atoms with Gasteiger partial charge in [-0.3, -0.25) is 4.79 Å². The number of esters is 1. The van der Waals surface area contributed by atoms with E-state index in [0.29, 0.717) is 23.8 Å². The maximum atomic E-state index is 12.1. The smallest absolute Gasteiger partial charge is 0.310 e. The van der Waals surface area contributed by atoms with Crippen molar-refractivity contribution < 1.29 is 23.2 Å². The standard InChI is InChI=1S/C22H20N2O5/c1-14-18(15(2)29-24-14)12-26-17-9-7-16(8-10-17)11-22(25)27-13-21-23-19-5-3-4-6-20(19)28-21/h3-10H,11-13H2,1-2H3. The van der Waals surface area contributed by atoms with Crippen LogP contribution in [0.1, 0.15) is 28.5 Å². The van der Waals surface area contributed by atoms with Crippen molar-refractivity contribution in [2.24, 2.45) is 0 Å². The second-order valence-corrected chi connectivity index (χ2v) is 6.65. The van der Waals surface area contributed by atoms with Gasteiger partial charge in [0.25, 0.3) is 0 Å². The summed E-state index contributed by atoms with van der Waals surface area (Å²) in [5.41, 5.74) is 4.01. The topological polar surface area (TPSA) is 87.6 Å². The van der Waals surface area contributed by atoms with E-state index in [4.69, 9.17) is 18.4 Å². The first-order chi connectivity index (χ1) is 14.1. The first-order valence-corrected chi connectivity index (χ1v) is 9.22. The van der Waals surface area contributed by atoms with Gasteiger partial charge in [0.2, 0.25) is 5.89 Å². The molecule has 0 aliphatic rings. The predicted octanol–water partition coefficient (Wildman–Crippen LogP) is 4.30. The minimum atomic E-state index is -0.350. The zero-order valence-corrected chi connectivity index (χ0v) is 16.2. The Kier molecular flexibility index (Phi) is 5.29. The lowest BCUT2D eigenvalue weighted by Gasteiger charge is -2.07. The van der Waals surface area contributed by atoms with E-state index >= 15 is 0 Å². The van der Waals surface area contributed by atoms with Gasteiger partial charge >= 0.3 is 5.97 Å². The number of benzene rings is 2. The molecule has 0 atom stereocenters. The third kappa shape index (κ3) is 4.45. The summed E-state index contributed by atoms with van der Waals surface area (Å²) in [5, 5.41) is 3.91. The van der Waals surface area contributed by atoms with Gasteiger partial charge in [-0.05, 0) is 43.7 Å². The molecule has 0 saturated heterocycles. The number of rotatable bonds is 7. The number of carbonyl (C=O) groups is 1. The van der Waals surface area contributed by atoms with E-state index in [1.165, 1.54) is 0 Å². The number of ether oxygens (including phenoxy) is 2. The van der Waals surface area contributed by atoms with Gasteiger partial charge in [0.15, 0.2) is 12.2 Å². The molecule has 0 radical (unpaired) electrons. The lowest BCUT2D eigenvalue weighted by atomic mass is 10.1. The highest BCUT2D eigenvalue weighted by atomic mass is 16.5. The van der Waals surface area contributed by atoms with Crippen molar-refractivity contribution in [2.75, 3.05) is 0 Å². The molecule has 2 aromatic carbocycles. The SMILES string of the molecule is Cc1noc(C)c1COc1ccc(CC(=O)OCc2nc3ccccc3o2)cc1. The summed E-state index contributed by atoms with van der Waals surface area (Å²) >= 11 is 0. The van der Waals surface area contributed by atoms with E-state index in [-0.39, 0.29) is 19.0 Å². The number of carbonyl (C=O) groups excluding carboxylic acids is 1. The summed E-state index contributed by atoms with van der Waals surface area (Å²) in [6, 6.07) is 14.7. The monoisotopic (exact) mass is 392 g/mol. The van der Waals surface area contributed by atoms with E-state index in [1.54, 1.807) is 0 Å². The summed E-state index contributed by atoms with van der Waals surface area (Å²) in [6.07, 6.45) is 0.157. The first kappa shape index (κ1) is 18.7. The summed E-state index contributed by atoms with van der Waals surface area (Å²) in [5.74, 6) is 1.48. The van der Waals surface area contributed by atoms with Gasteiger partial charge in [-0.1, -0.05) is 29.4 Å². The zero-order chi connectivity index (χ0) is 20.2. The van der Waals surface area contributed by atoms with Crippen LogP contribution < -0.4 is 4.74 Å². The fraction of sp³-hybridized carbons (Fsp3) is 0.227. The van der Waals surface area contributed by atoms with Crippen LogP contribution in [0.3, 0.4) is 0 Å². The maximum Gasteiger partial charge on any atom is 0.310 e. The number of oxazole rings is 1. The molecule has 0 aliphatic carbocycles. The number of hydrogen-bond donors (Lipinski definition) is 0. The Balaban J connectivity index is 1.28. The van der Waals surface area contributed by atoms with Crippen LogP contribution in [0.25, 0.3) is 11.1 Å². The first-order valence-electron chi connectivity index (χ1n) is 9.22. The van der Waals surface area contributed by atoms with Crippen LogP contribution in [0.5, 0.6) is 5.75 Å². The largest absolute Gasteiger partial charge is 0.489 e. The van der Waals surface area contributed by atoms with Crippen LogP contribution in [-0.4, -0.2) is 16.1 Å². The van der Waals surface area contributed by atoms with Crippen LogP contribution in [0, 0.1) is 13.8 Å². The highest BCUT2D eigenvalue weighted by Gasteiger charge is 2.11. The molecule has 4 rings (SSSR count). The average Bonchev–Trinajstić information content (AvgIpc) is 3.28. The Morgan fingerprint density at radius 1 is 1.03 bits per heavy atom. The molecular weight excluding hydrogens is 372 g/mol. The van der Waals surface area contributed by atoms with Crippen molar-refractivity contribution in [1.82, 2.24) is 10.1 Å². The molecule has 2 aromatic heterocycles. The van der Waals surface area contributed by atoms with E-state index < -0.39 is 0 Å². The van der Waals surface area contributed by atoms with Crippen LogP contribution >= 0.6 is 0 Å². The number of aromatic nitrogens is 2. The van der Waals surface area contributed by atoms with Crippen molar-refractivity contribution in [3.8, 4) is 5.75 Å². The summed E-state index contributed by atoms with van der Waals surface area (Å²) in [7, 11) is 0. The van der Waals surface area contributed by atoms with Crippen LogP contribution in [0.4, 0.5) is 0 Å². The molecule has 0 bridgehead atoms. The van der Waals surface area contributed by atoms with Gasteiger partial charge in [0, 0.05) is 0 Å². The Hall–Kier alpha value is -3.61. The van der Waals surface area contributed by atoms with Gasteiger partial charge in [0.05, 0.1) is 17.7 Å². The van der Waals surface area contributed by atoms with Crippen molar-refractivity contribution >= 4 is 17.1 Å². The summed E-state index contributed by atoms with van der Waals surface area (Å²) in [4.78, 5) is 16.4. The molecule has 0 fully saturated rings. The molecule has 0 N–H and O–H groups in total. The Labute approximate surface area is 167 Å². The Bertz CT molecular complexity index is 1080. The number of fused-ring (bicyclic) bond motifs is 1. The van der Waals surface area contributed by atoms with Gasteiger partial charge < -0.3 is 18.4 Å². The molecule has 7 heteroatoms.